The molecule has 2 atom stereocenters. The van der Waals surface area contributed by atoms with Crippen molar-refractivity contribution >= 4 is 12.2 Å². The van der Waals surface area contributed by atoms with Crippen LogP contribution in [0.1, 0.15) is 42.7 Å². The first-order valence-corrected chi connectivity index (χ1v) is 10.6. The third kappa shape index (κ3) is 4.15. The van der Waals surface area contributed by atoms with E-state index >= 15 is 0 Å². The van der Waals surface area contributed by atoms with E-state index in [0.29, 0.717) is 36.5 Å². The summed E-state index contributed by atoms with van der Waals surface area (Å²) >= 11 is 0. The third-order valence-electron chi connectivity index (χ3n) is 5.74. The molecule has 6 nitrogen and oxygen atoms in total. The minimum atomic E-state index is -0.548. The molecule has 6 heteroatoms. The highest BCUT2D eigenvalue weighted by molar-refractivity contribution is 6.00. The number of nitriles is 1. The van der Waals surface area contributed by atoms with Gasteiger partial charge >= 0.3 is 0 Å². The van der Waals surface area contributed by atoms with Crippen LogP contribution in [0.3, 0.4) is 0 Å². The summed E-state index contributed by atoms with van der Waals surface area (Å²) in [6, 6.07) is 19.6. The number of hydrogen-bond acceptors (Lipinski definition) is 6. The topological polar surface area (TPSA) is 80.9 Å². The van der Waals surface area contributed by atoms with Crippen molar-refractivity contribution in [3.05, 3.63) is 88.5 Å². The first-order valence-electron chi connectivity index (χ1n) is 10.6. The van der Waals surface area contributed by atoms with Crippen LogP contribution in [0.15, 0.2) is 82.4 Å². The number of benzene rings is 2. The number of nitrogens with zero attached hydrogens (tertiary/aromatic N) is 2. The highest BCUT2D eigenvalue weighted by Crippen LogP contribution is 2.47. The Hall–Kier alpha value is -3.85. The molecule has 0 N–H and O–H groups in total. The molecule has 0 aromatic heterocycles. The van der Waals surface area contributed by atoms with Gasteiger partial charge in [0.15, 0.2) is 12.2 Å². The fourth-order valence-corrected chi connectivity index (χ4v) is 4.21. The predicted octanol–water partition coefficient (Wildman–Crippen LogP) is 5.01. The number of ether oxygens (including phenoxy) is 3. The average Bonchev–Trinajstić information content (AvgIpc) is 2.84. The molecular formula is C26H24N2O4. The minimum absolute atomic E-state index is 0.0125. The maximum absolute atomic E-state index is 13.4. The molecule has 0 saturated carbocycles. The van der Waals surface area contributed by atoms with Gasteiger partial charge in [0.1, 0.15) is 23.2 Å². The lowest BCUT2D eigenvalue weighted by molar-refractivity contribution is -0.117. The van der Waals surface area contributed by atoms with Crippen molar-refractivity contribution in [1.29, 1.82) is 5.26 Å². The van der Waals surface area contributed by atoms with Gasteiger partial charge in [-0.15, -0.1) is 0 Å². The van der Waals surface area contributed by atoms with E-state index in [9.17, 15) is 10.1 Å². The summed E-state index contributed by atoms with van der Waals surface area (Å²) in [7, 11) is 1.60. The van der Waals surface area contributed by atoms with Gasteiger partial charge in [-0.3, -0.25) is 4.79 Å². The SMILES string of the molecule is CCOC=NC1=C(C#N)[C@H](c2ccc(OC)cc2)C2=C(C[C@H](c3ccccc3)CC2=O)O1. The van der Waals surface area contributed by atoms with Crippen molar-refractivity contribution in [3.63, 3.8) is 0 Å². The van der Waals surface area contributed by atoms with Crippen LogP contribution in [-0.4, -0.2) is 25.9 Å². The maximum Gasteiger partial charge on any atom is 0.236 e. The lowest BCUT2D eigenvalue weighted by Gasteiger charge is -2.34. The van der Waals surface area contributed by atoms with Gasteiger partial charge in [-0.1, -0.05) is 42.5 Å². The molecule has 0 spiro atoms. The third-order valence-corrected chi connectivity index (χ3v) is 5.74. The van der Waals surface area contributed by atoms with Crippen LogP contribution in [0.5, 0.6) is 5.75 Å². The van der Waals surface area contributed by atoms with E-state index in [1.165, 1.54) is 6.40 Å². The van der Waals surface area contributed by atoms with Crippen LogP contribution in [-0.2, 0) is 14.3 Å². The van der Waals surface area contributed by atoms with Gasteiger partial charge in [0, 0.05) is 18.4 Å². The van der Waals surface area contributed by atoms with Crippen molar-refractivity contribution < 1.29 is 19.0 Å². The average molecular weight is 428 g/mol. The lowest BCUT2D eigenvalue weighted by Crippen LogP contribution is -2.28. The first-order chi connectivity index (χ1) is 15.7. The molecule has 1 heterocycles. The van der Waals surface area contributed by atoms with Crippen molar-refractivity contribution in [1.82, 2.24) is 0 Å². The van der Waals surface area contributed by atoms with Gasteiger partial charge < -0.3 is 14.2 Å². The van der Waals surface area contributed by atoms with E-state index in [1.54, 1.807) is 7.11 Å². The molecule has 2 aromatic carbocycles. The number of Topliss-reactive ketones (excluding diaryl/α,β-unsaturated/α-hetero) is 1. The molecule has 0 amide bonds. The van der Waals surface area contributed by atoms with Crippen LogP contribution < -0.4 is 4.74 Å². The number of methoxy groups -OCH3 is 1. The number of ketones is 1. The molecule has 4 rings (SSSR count). The maximum atomic E-state index is 13.4. The zero-order valence-electron chi connectivity index (χ0n) is 18.1. The Labute approximate surface area is 187 Å². The molecule has 0 unspecified atom stereocenters. The van der Waals surface area contributed by atoms with Crippen molar-refractivity contribution in [2.45, 2.75) is 31.6 Å². The number of allylic oxidation sites excluding steroid dienone is 3. The summed E-state index contributed by atoms with van der Waals surface area (Å²) in [5, 5.41) is 10.00. The molecule has 0 bridgehead atoms. The fourth-order valence-electron chi connectivity index (χ4n) is 4.21. The highest BCUT2D eigenvalue weighted by Gasteiger charge is 2.41. The molecule has 2 aliphatic rings. The number of hydrogen-bond donors (Lipinski definition) is 0. The Morgan fingerprint density at radius 1 is 1.12 bits per heavy atom. The highest BCUT2D eigenvalue weighted by atomic mass is 16.5. The summed E-state index contributed by atoms with van der Waals surface area (Å²) in [6.45, 7) is 2.29. The largest absolute Gasteiger partial charge is 0.497 e. The van der Waals surface area contributed by atoms with Crippen LogP contribution in [0, 0.1) is 11.3 Å². The van der Waals surface area contributed by atoms with Gasteiger partial charge in [-0.25, -0.2) is 0 Å². The molecule has 2 aromatic rings. The normalized spacial score (nSPS) is 20.6. The molecule has 162 valence electrons. The molecule has 0 radical (unpaired) electrons. The molecule has 1 aliphatic heterocycles. The van der Waals surface area contributed by atoms with Crippen LogP contribution in [0.25, 0.3) is 0 Å². The molecule has 0 saturated heterocycles. The summed E-state index contributed by atoms with van der Waals surface area (Å²) in [5.41, 5.74) is 2.73. The van der Waals surface area contributed by atoms with Gasteiger partial charge in [0.2, 0.25) is 5.88 Å². The second-order valence-corrected chi connectivity index (χ2v) is 7.60. The van der Waals surface area contributed by atoms with Gasteiger partial charge in [0.25, 0.3) is 0 Å². The zero-order chi connectivity index (χ0) is 22.5. The number of carbonyl (C=O) groups is 1. The summed E-state index contributed by atoms with van der Waals surface area (Å²) in [6.07, 6.45) is 2.21. The quantitative estimate of drug-likeness (QED) is 0.477. The van der Waals surface area contributed by atoms with E-state index in [1.807, 2.05) is 61.5 Å². The molecule has 0 fully saturated rings. The van der Waals surface area contributed by atoms with E-state index in [2.05, 4.69) is 11.1 Å². The van der Waals surface area contributed by atoms with Crippen molar-refractivity contribution in [2.75, 3.05) is 13.7 Å². The Morgan fingerprint density at radius 2 is 1.88 bits per heavy atom. The fraction of sp³-hybridized carbons (Fsp3) is 0.269. The second-order valence-electron chi connectivity index (χ2n) is 7.60. The summed E-state index contributed by atoms with van der Waals surface area (Å²) < 4.78 is 16.6. The molecular weight excluding hydrogens is 404 g/mol. The van der Waals surface area contributed by atoms with Crippen LogP contribution in [0.2, 0.25) is 0 Å². The molecule has 32 heavy (non-hydrogen) atoms. The number of rotatable bonds is 6. The predicted molar refractivity (Wildman–Crippen MR) is 120 cm³/mol. The Balaban J connectivity index is 1.80. The number of carbonyl (C=O) groups excluding carboxylic acids is 1. The van der Waals surface area contributed by atoms with E-state index in [-0.39, 0.29) is 23.2 Å². The summed E-state index contributed by atoms with van der Waals surface area (Å²) in [5.74, 6) is 0.890. The summed E-state index contributed by atoms with van der Waals surface area (Å²) in [4.78, 5) is 17.7. The van der Waals surface area contributed by atoms with E-state index < -0.39 is 5.92 Å². The second kappa shape index (κ2) is 9.52. The minimum Gasteiger partial charge on any atom is -0.497 e. The first kappa shape index (κ1) is 21.4. The van der Waals surface area contributed by atoms with Crippen molar-refractivity contribution in [3.8, 4) is 11.8 Å². The lowest BCUT2D eigenvalue weighted by atomic mass is 9.73. The van der Waals surface area contributed by atoms with Crippen LogP contribution in [0.4, 0.5) is 0 Å². The van der Waals surface area contributed by atoms with Crippen molar-refractivity contribution in [2.24, 2.45) is 4.99 Å². The Kier molecular flexibility index (Phi) is 6.37. The van der Waals surface area contributed by atoms with E-state index in [4.69, 9.17) is 14.2 Å². The molecule has 1 aliphatic carbocycles. The van der Waals surface area contributed by atoms with Gasteiger partial charge in [-0.05, 0) is 36.1 Å². The van der Waals surface area contributed by atoms with Crippen LogP contribution >= 0.6 is 0 Å². The van der Waals surface area contributed by atoms with E-state index in [0.717, 1.165) is 11.1 Å². The monoisotopic (exact) mass is 428 g/mol. The smallest absolute Gasteiger partial charge is 0.236 e. The van der Waals surface area contributed by atoms with Gasteiger partial charge in [-0.2, -0.15) is 10.3 Å². The Morgan fingerprint density at radius 3 is 2.53 bits per heavy atom. The zero-order valence-corrected chi connectivity index (χ0v) is 18.1. The standard InChI is InChI=1S/C26H24N2O4/c1-3-31-16-28-26-21(15-27)24(18-9-11-20(30-2)12-10-18)25-22(29)13-19(14-23(25)32-26)17-7-5-4-6-8-17/h4-12,16,19,24H,3,13-14H2,1-2H3/t19-,24+/m1/s1. The van der Waals surface area contributed by atoms with Gasteiger partial charge in [0.05, 0.1) is 19.6 Å². The Bertz CT molecular complexity index is 1120. The number of aliphatic imine (C=N–C) groups is 1.